The van der Waals surface area contributed by atoms with Crippen LogP contribution in [0.25, 0.3) is 11.1 Å². The second-order valence-electron chi connectivity index (χ2n) is 6.80. The van der Waals surface area contributed by atoms with E-state index in [1.54, 1.807) is 25.1 Å². The molecule has 3 rings (SSSR count). The van der Waals surface area contributed by atoms with E-state index in [-0.39, 0.29) is 23.8 Å². The summed E-state index contributed by atoms with van der Waals surface area (Å²) in [6, 6.07) is 8.93. The van der Waals surface area contributed by atoms with Gasteiger partial charge in [0.2, 0.25) is 0 Å². The Bertz CT molecular complexity index is 822. The molecule has 0 aromatic heterocycles. The van der Waals surface area contributed by atoms with E-state index in [1.165, 1.54) is 18.2 Å². The molecule has 2 aromatic carbocycles. The molecule has 0 saturated heterocycles. The van der Waals surface area contributed by atoms with Gasteiger partial charge in [-0.3, -0.25) is 0 Å². The molecule has 0 bridgehead atoms. The highest BCUT2D eigenvalue weighted by molar-refractivity contribution is 5.92. The predicted molar refractivity (Wildman–Crippen MR) is 95.9 cm³/mol. The van der Waals surface area contributed by atoms with Gasteiger partial charge in [0, 0.05) is 12.5 Å². The highest BCUT2D eigenvalue weighted by Crippen LogP contribution is 2.48. The van der Waals surface area contributed by atoms with E-state index < -0.39 is 24.3 Å². The predicted octanol–water partition coefficient (Wildman–Crippen LogP) is 5.58. The zero-order chi connectivity index (χ0) is 19.6. The molecule has 1 saturated carbocycles. The van der Waals surface area contributed by atoms with E-state index in [9.17, 15) is 18.0 Å². The summed E-state index contributed by atoms with van der Waals surface area (Å²) < 4.78 is 50.6. The quantitative estimate of drug-likeness (QED) is 0.590. The van der Waals surface area contributed by atoms with E-state index in [1.807, 2.05) is 0 Å². The lowest BCUT2D eigenvalue weighted by molar-refractivity contribution is -0.0228. The molecule has 1 aliphatic carbocycles. The highest BCUT2D eigenvalue weighted by atomic mass is 19.3. The Morgan fingerprint density at radius 3 is 2.41 bits per heavy atom. The summed E-state index contributed by atoms with van der Waals surface area (Å²) in [5.74, 6) is -3.56. The first-order valence-corrected chi connectivity index (χ1v) is 8.90. The molecule has 3 nitrogen and oxygen atoms in total. The van der Waals surface area contributed by atoms with Crippen molar-refractivity contribution in [3.05, 3.63) is 53.3 Å². The van der Waals surface area contributed by atoms with Crippen LogP contribution in [-0.4, -0.2) is 25.1 Å². The van der Waals surface area contributed by atoms with Crippen LogP contribution in [0.1, 0.15) is 48.5 Å². The maximum Gasteiger partial charge on any atom is 0.338 e. The maximum atomic E-state index is 13.4. The lowest BCUT2D eigenvalue weighted by Crippen LogP contribution is -2.21. The van der Waals surface area contributed by atoms with Crippen molar-refractivity contribution >= 4 is 5.97 Å². The Hall–Kier alpha value is -2.50. The van der Waals surface area contributed by atoms with Gasteiger partial charge in [0.15, 0.2) is 6.61 Å². The van der Waals surface area contributed by atoms with Crippen LogP contribution in [0.15, 0.2) is 36.4 Å². The van der Waals surface area contributed by atoms with Gasteiger partial charge in [0.25, 0.3) is 5.92 Å². The fraction of sp³-hybridized carbons (Fsp3) is 0.381. The summed E-state index contributed by atoms with van der Waals surface area (Å²) in [6.07, 6.45) is 1.87. The van der Waals surface area contributed by atoms with E-state index >= 15 is 0 Å². The third-order valence-electron chi connectivity index (χ3n) is 4.28. The third-order valence-corrected chi connectivity index (χ3v) is 4.28. The Morgan fingerprint density at radius 2 is 1.85 bits per heavy atom. The zero-order valence-corrected chi connectivity index (χ0v) is 15.2. The molecule has 0 N–H and O–H groups in total. The van der Waals surface area contributed by atoms with Crippen LogP contribution < -0.4 is 4.74 Å². The number of carbonyl (C=O) groups is 1. The topological polar surface area (TPSA) is 35.5 Å². The molecule has 0 unspecified atom stereocenters. The molecule has 2 aromatic rings. The number of hydrogen-bond acceptors (Lipinski definition) is 3. The smallest absolute Gasteiger partial charge is 0.338 e. The van der Waals surface area contributed by atoms with Gasteiger partial charge in [0.1, 0.15) is 11.6 Å². The van der Waals surface area contributed by atoms with Crippen LogP contribution in [0.4, 0.5) is 13.2 Å². The molecule has 0 amide bonds. The Morgan fingerprint density at radius 1 is 1.19 bits per heavy atom. The molecule has 0 heterocycles. The molecule has 0 spiro atoms. The molecule has 1 aliphatic rings. The summed E-state index contributed by atoms with van der Waals surface area (Å²) >= 11 is 0. The molecule has 0 atom stereocenters. The van der Waals surface area contributed by atoms with Crippen molar-refractivity contribution in [1.29, 1.82) is 0 Å². The Balaban J connectivity index is 2.12. The zero-order valence-electron chi connectivity index (χ0n) is 15.2. The number of benzene rings is 2. The van der Waals surface area contributed by atoms with Crippen molar-refractivity contribution in [2.45, 2.75) is 38.5 Å². The fourth-order valence-corrected chi connectivity index (χ4v) is 2.93. The highest BCUT2D eigenvalue weighted by Gasteiger charge is 2.31. The van der Waals surface area contributed by atoms with Gasteiger partial charge in [0.05, 0.1) is 12.2 Å². The van der Waals surface area contributed by atoms with Crippen LogP contribution in [-0.2, 0) is 4.74 Å². The Labute approximate surface area is 156 Å². The standard InChI is InChI=1S/C21H21F3O3/c1-3-26-20(25)15-10-17(13-4-5-13)19(14-6-8-16(22)9-7-14)18(11-15)27-12-21(2,23)24/h6-11,13H,3-5,12H2,1-2H3. The van der Waals surface area contributed by atoms with Gasteiger partial charge in [-0.2, -0.15) is 0 Å². The molecule has 0 radical (unpaired) electrons. The Kier molecular flexibility index (Phi) is 5.44. The average Bonchev–Trinajstić information content (AvgIpc) is 3.44. The van der Waals surface area contributed by atoms with Crippen LogP contribution in [0.3, 0.4) is 0 Å². The van der Waals surface area contributed by atoms with Crippen molar-refractivity contribution in [3.8, 4) is 16.9 Å². The van der Waals surface area contributed by atoms with Crippen molar-refractivity contribution < 1.29 is 27.4 Å². The lowest BCUT2D eigenvalue weighted by Gasteiger charge is -2.19. The first-order valence-electron chi connectivity index (χ1n) is 8.90. The molecular formula is C21H21F3O3. The van der Waals surface area contributed by atoms with Crippen LogP contribution in [0, 0.1) is 5.82 Å². The SMILES string of the molecule is CCOC(=O)c1cc(OCC(C)(F)F)c(-c2ccc(F)cc2)c(C2CC2)c1. The normalized spacial score (nSPS) is 14.1. The van der Waals surface area contributed by atoms with Gasteiger partial charge >= 0.3 is 5.97 Å². The molecular weight excluding hydrogens is 357 g/mol. The van der Waals surface area contributed by atoms with Crippen molar-refractivity contribution in [2.75, 3.05) is 13.2 Å². The summed E-state index contributed by atoms with van der Waals surface area (Å²) in [5.41, 5.74) is 2.37. The van der Waals surface area contributed by atoms with Gasteiger partial charge in [-0.05, 0) is 61.1 Å². The van der Waals surface area contributed by atoms with Crippen LogP contribution in [0.2, 0.25) is 0 Å². The second kappa shape index (κ2) is 7.62. The minimum atomic E-state index is -3.03. The number of halogens is 3. The van der Waals surface area contributed by atoms with Crippen molar-refractivity contribution in [3.63, 3.8) is 0 Å². The second-order valence-corrected chi connectivity index (χ2v) is 6.80. The largest absolute Gasteiger partial charge is 0.487 e. The van der Waals surface area contributed by atoms with Gasteiger partial charge in [-0.15, -0.1) is 0 Å². The van der Waals surface area contributed by atoms with E-state index in [0.29, 0.717) is 11.1 Å². The van der Waals surface area contributed by atoms with Gasteiger partial charge < -0.3 is 9.47 Å². The van der Waals surface area contributed by atoms with Crippen LogP contribution >= 0.6 is 0 Å². The first kappa shape index (κ1) is 19.3. The summed E-state index contributed by atoms with van der Waals surface area (Å²) in [7, 11) is 0. The first-order chi connectivity index (χ1) is 12.8. The molecule has 27 heavy (non-hydrogen) atoms. The van der Waals surface area contributed by atoms with Crippen molar-refractivity contribution in [1.82, 2.24) is 0 Å². The van der Waals surface area contributed by atoms with Crippen molar-refractivity contribution in [2.24, 2.45) is 0 Å². The van der Waals surface area contributed by atoms with Gasteiger partial charge in [-0.1, -0.05) is 12.1 Å². The van der Waals surface area contributed by atoms with E-state index in [0.717, 1.165) is 25.3 Å². The average molecular weight is 378 g/mol. The molecule has 6 heteroatoms. The minimum Gasteiger partial charge on any atom is -0.487 e. The molecule has 144 valence electrons. The minimum absolute atomic E-state index is 0.176. The van der Waals surface area contributed by atoms with E-state index in [2.05, 4.69) is 0 Å². The summed E-state index contributed by atoms with van der Waals surface area (Å²) in [4.78, 5) is 12.2. The monoisotopic (exact) mass is 378 g/mol. The van der Waals surface area contributed by atoms with Gasteiger partial charge in [-0.25, -0.2) is 18.0 Å². The molecule has 1 fully saturated rings. The number of ether oxygens (including phenoxy) is 2. The fourth-order valence-electron chi connectivity index (χ4n) is 2.93. The number of hydrogen-bond donors (Lipinski definition) is 0. The lowest BCUT2D eigenvalue weighted by atomic mass is 9.93. The maximum absolute atomic E-state index is 13.4. The number of alkyl halides is 2. The summed E-state index contributed by atoms with van der Waals surface area (Å²) in [5, 5.41) is 0. The number of esters is 1. The number of carbonyl (C=O) groups excluding carboxylic acids is 1. The van der Waals surface area contributed by atoms with Crippen LogP contribution in [0.5, 0.6) is 5.75 Å². The third kappa shape index (κ3) is 4.81. The number of rotatable bonds is 7. The van der Waals surface area contributed by atoms with E-state index in [4.69, 9.17) is 9.47 Å². The molecule has 0 aliphatic heterocycles. The summed E-state index contributed by atoms with van der Waals surface area (Å²) in [6.45, 7) is 1.85.